The highest BCUT2D eigenvalue weighted by Gasteiger charge is 2.25. The third-order valence-corrected chi connectivity index (χ3v) is 6.33. The Balaban J connectivity index is 1.59. The number of rotatable bonds is 3. The number of thiophene rings is 1. The van der Waals surface area contributed by atoms with Crippen LogP contribution >= 0.6 is 22.9 Å². The number of halogens is 1. The van der Waals surface area contributed by atoms with Gasteiger partial charge in [0.1, 0.15) is 28.0 Å². The number of anilines is 3. The van der Waals surface area contributed by atoms with Gasteiger partial charge in [0.25, 0.3) is 5.91 Å². The van der Waals surface area contributed by atoms with Gasteiger partial charge in [-0.3, -0.25) is 4.79 Å². The van der Waals surface area contributed by atoms with Crippen molar-refractivity contribution in [1.82, 2.24) is 20.3 Å². The smallest absolute Gasteiger partial charge is 0.263 e. The minimum Gasteiger partial charge on any atom is -0.381 e. The molecule has 0 spiro atoms. The number of carbonyl (C=O) groups excluding carboxylic acids is 1. The number of amides is 1. The molecule has 0 saturated heterocycles. The third kappa shape index (κ3) is 3.24. The van der Waals surface area contributed by atoms with Crippen molar-refractivity contribution in [2.45, 2.75) is 19.4 Å². The fourth-order valence-corrected chi connectivity index (χ4v) is 4.75. The Bertz CT molecular complexity index is 1260. The standard InChI is InChI=1S/C20H17ClN6OS/c1-2-10-8-22-18-17-11-3-6-15(27-16-7-14(21)23-9-24-16)26-12(11)4-5-13(17)29-19(18)20(28)25-10/h3-7,9-10,22H,2,8H2,1H3,(H,25,28)(H,23,24,26,27)/t10-/m1/s1. The molecule has 0 aliphatic carbocycles. The van der Waals surface area contributed by atoms with Crippen molar-refractivity contribution in [1.29, 1.82) is 0 Å². The Kier molecular flexibility index (Phi) is 4.44. The number of pyridine rings is 1. The molecule has 1 aliphatic heterocycles. The highest BCUT2D eigenvalue weighted by atomic mass is 35.5. The van der Waals surface area contributed by atoms with Crippen molar-refractivity contribution in [3.63, 3.8) is 0 Å². The number of aromatic nitrogens is 3. The van der Waals surface area contributed by atoms with Crippen LogP contribution in [0.15, 0.2) is 36.7 Å². The molecular weight excluding hydrogens is 408 g/mol. The second-order valence-electron chi connectivity index (χ2n) is 6.82. The summed E-state index contributed by atoms with van der Waals surface area (Å²) in [6.45, 7) is 2.78. The molecule has 5 rings (SSSR count). The molecular formula is C20H17ClN6OS. The predicted octanol–water partition coefficient (Wildman–Crippen LogP) is 4.57. The molecule has 3 aromatic heterocycles. The van der Waals surface area contributed by atoms with Crippen LogP contribution in [0.3, 0.4) is 0 Å². The largest absolute Gasteiger partial charge is 0.381 e. The minimum absolute atomic E-state index is 0.0157. The number of benzene rings is 1. The van der Waals surface area contributed by atoms with Crippen molar-refractivity contribution in [2.75, 3.05) is 17.2 Å². The average molecular weight is 425 g/mol. The van der Waals surface area contributed by atoms with Crippen molar-refractivity contribution in [3.8, 4) is 0 Å². The molecule has 3 N–H and O–H groups in total. The summed E-state index contributed by atoms with van der Waals surface area (Å²) >= 11 is 7.43. The van der Waals surface area contributed by atoms with Gasteiger partial charge in [0.05, 0.1) is 11.2 Å². The van der Waals surface area contributed by atoms with E-state index < -0.39 is 0 Å². The van der Waals surface area contributed by atoms with Gasteiger partial charge < -0.3 is 16.0 Å². The van der Waals surface area contributed by atoms with E-state index in [0.717, 1.165) is 38.0 Å². The van der Waals surface area contributed by atoms with Crippen LogP contribution in [0.25, 0.3) is 21.0 Å². The highest BCUT2D eigenvalue weighted by molar-refractivity contribution is 7.21. The Morgan fingerprint density at radius 3 is 2.97 bits per heavy atom. The van der Waals surface area contributed by atoms with Crippen LogP contribution in [0.4, 0.5) is 17.3 Å². The summed E-state index contributed by atoms with van der Waals surface area (Å²) < 4.78 is 1.06. The van der Waals surface area contributed by atoms with Crippen molar-refractivity contribution >= 4 is 67.2 Å². The molecule has 146 valence electrons. The molecule has 0 fully saturated rings. The molecule has 1 aliphatic rings. The van der Waals surface area contributed by atoms with E-state index >= 15 is 0 Å². The van der Waals surface area contributed by atoms with Gasteiger partial charge in [-0.2, -0.15) is 0 Å². The summed E-state index contributed by atoms with van der Waals surface area (Å²) in [6, 6.07) is 9.67. The topological polar surface area (TPSA) is 91.8 Å². The Labute approximate surface area is 175 Å². The summed E-state index contributed by atoms with van der Waals surface area (Å²) in [5.41, 5.74) is 1.73. The maximum Gasteiger partial charge on any atom is 0.263 e. The Morgan fingerprint density at radius 2 is 2.14 bits per heavy atom. The van der Waals surface area contributed by atoms with Gasteiger partial charge in [-0.15, -0.1) is 11.3 Å². The number of hydrogen-bond donors (Lipinski definition) is 3. The van der Waals surface area contributed by atoms with E-state index in [2.05, 4.69) is 32.8 Å². The quantitative estimate of drug-likeness (QED) is 0.417. The van der Waals surface area contributed by atoms with Gasteiger partial charge in [-0.1, -0.05) is 18.5 Å². The normalized spacial score (nSPS) is 16.2. The first-order valence-electron chi connectivity index (χ1n) is 9.28. The molecule has 1 amide bonds. The maximum atomic E-state index is 12.7. The number of fused-ring (bicyclic) bond motifs is 5. The van der Waals surface area contributed by atoms with Crippen LogP contribution in [0.2, 0.25) is 5.15 Å². The van der Waals surface area contributed by atoms with Crippen LogP contribution in [0, 0.1) is 0 Å². The molecule has 4 heterocycles. The van der Waals surface area contributed by atoms with E-state index in [1.165, 1.54) is 17.7 Å². The van der Waals surface area contributed by atoms with Gasteiger partial charge >= 0.3 is 0 Å². The second kappa shape index (κ2) is 7.13. The summed E-state index contributed by atoms with van der Waals surface area (Å²) in [7, 11) is 0. The monoisotopic (exact) mass is 424 g/mol. The zero-order valence-corrected chi connectivity index (χ0v) is 17.1. The molecule has 9 heteroatoms. The van der Waals surface area contributed by atoms with Gasteiger partial charge in [0, 0.05) is 34.1 Å². The number of nitrogens with one attached hydrogen (secondary N) is 3. The lowest BCUT2D eigenvalue weighted by Crippen LogP contribution is -2.36. The number of carbonyl (C=O) groups is 1. The van der Waals surface area contributed by atoms with E-state index in [1.807, 2.05) is 24.3 Å². The summed E-state index contributed by atoms with van der Waals surface area (Å²) in [4.78, 5) is 26.1. The van der Waals surface area contributed by atoms with Crippen LogP contribution in [0.5, 0.6) is 0 Å². The van der Waals surface area contributed by atoms with Gasteiger partial charge in [-0.05, 0) is 30.7 Å². The van der Waals surface area contributed by atoms with E-state index in [0.29, 0.717) is 23.3 Å². The maximum absolute atomic E-state index is 12.7. The van der Waals surface area contributed by atoms with Crippen LogP contribution in [-0.4, -0.2) is 33.4 Å². The first kappa shape index (κ1) is 18.1. The van der Waals surface area contributed by atoms with E-state index in [-0.39, 0.29) is 11.9 Å². The van der Waals surface area contributed by atoms with E-state index in [9.17, 15) is 4.79 Å². The van der Waals surface area contributed by atoms with E-state index in [4.69, 9.17) is 16.6 Å². The first-order valence-corrected chi connectivity index (χ1v) is 10.5. The molecule has 0 saturated carbocycles. The lowest BCUT2D eigenvalue weighted by molar-refractivity contribution is 0.0945. The zero-order chi connectivity index (χ0) is 20.0. The van der Waals surface area contributed by atoms with E-state index in [1.54, 1.807) is 6.07 Å². The molecule has 29 heavy (non-hydrogen) atoms. The number of hydrogen-bond acceptors (Lipinski definition) is 7. The summed E-state index contributed by atoms with van der Waals surface area (Å²) in [5, 5.41) is 12.1. The molecule has 1 aromatic carbocycles. The summed E-state index contributed by atoms with van der Waals surface area (Å²) in [5.74, 6) is 1.22. The fourth-order valence-electron chi connectivity index (χ4n) is 3.51. The van der Waals surface area contributed by atoms with Gasteiger partial charge in [0.15, 0.2) is 0 Å². The molecule has 1 atom stereocenters. The third-order valence-electron chi connectivity index (χ3n) is 4.97. The molecule has 0 bridgehead atoms. The average Bonchev–Trinajstić information content (AvgIpc) is 3.02. The lowest BCUT2D eigenvalue weighted by atomic mass is 10.1. The predicted molar refractivity (Wildman–Crippen MR) is 117 cm³/mol. The minimum atomic E-state index is -0.0157. The van der Waals surface area contributed by atoms with Crippen LogP contribution < -0.4 is 16.0 Å². The first-order chi connectivity index (χ1) is 14.1. The molecule has 4 aromatic rings. The van der Waals surface area contributed by atoms with Crippen molar-refractivity contribution in [3.05, 3.63) is 46.7 Å². The lowest BCUT2D eigenvalue weighted by Gasteiger charge is -2.13. The van der Waals surface area contributed by atoms with Crippen LogP contribution in [-0.2, 0) is 0 Å². The highest BCUT2D eigenvalue weighted by Crippen LogP contribution is 2.41. The van der Waals surface area contributed by atoms with Gasteiger partial charge in [-0.25, -0.2) is 15.0 Å². The fraction of sp³-hybridized carbons (Fsp3) is 0.200. The summed E-state index contributed by atoms with van der Waals surface area (Å²) in [6.07, 6.45) is 2.28. The Morgan fingerprint density at radius 1 is 1.24 bits per heavy atom. The van der Waals surface area contributed by atoms with Crippen molar-refractivity contribution < 1.29 is 4.79 Å². The van der Waals surface area contributed by atoms with Crippen LogP contribution in [0.1, 0.15) is 23.0 Å². The zero-order valence-electron chi connectivity index (χ0n) is 15.5. The SMILES string of the molecule is CC[C@@H]1CNc2c(sc3ccc4nc(Nc5cc(Cl)ncn5)ccc4c23)C(=O)N1. The second-order valence-corrected chi connectivity index (χ2v) is 8.26. The molecule has 0 radical (unpaired) electrons. The molecule has 7 nitrogen and oxygen atoms in total. The van der Waals surface area contributed by atoms with Gasteiger partial charge in [0.2, 0.25) is 0 Å². The number of nitrogens with zero attached hydrogens (tertiary/aromatic N) is 3. The molecule has 0 unspecified atom stereocenters. The van der Waals surface area contributed by atoms with Crippen molar-refractivity contribution in [2.24, 2.45) is 0 Å². The Hall–Kier alpha value is -2.97.